The van der Waals surface area contributed by atoms with Gasteiger partial charge in [0, 0.05) is 54.2 Å². The lowest BCUT2D eigenvalue weighted by molar-refractivity contribution is -0.438. The highest BCUT2D eigenvalue weighted by Gasteiger charge is 2.44. The molecule has 0 saturated carbocycles. The Balaban J connectivity index is 1.61. The van der Waals surface area contributed by atoms with Crippen LogP contribution in [0.5, 0.6) is 0 Å². The van der Waals surface area contributed by atoms with Gasteiger partial charge in [-0.15, -0.1) is 11.3 Å². The van der Waals surface area contributed by atoms with Gasteiger partial charge >= 0.3 is 5.97 Å². The molecule has 0 bridgehead atoms. The van der Waals surface area contributed by atoms with Gasteiger partial charge in [0.05, 0.1) is 12.5 Å². The lowest BCUT2D eigenvalue weighted by Crippen LogP contribution is -2.28. The number of hydrogen-bond acceptors (Lipinski definition) is 4. The number of nitrogens with zero attached hydrogens (tertiary/aromatic N) is 2. The van der Waals surface area contributed by atoms with E-state index in [9.17, 15) is 9.59 Å². The van der Waals surface area contributed by atoms with Crippen molar-refractivity contribution in [2.24, 2.45) is 0 Å². The van der Waals surface area contributed by atoms with Crippen LogP contribution in [0.3, 0.4) is 0 Å². The zero-order chi connectivity index (χ0) is 27.8. The van der Waals surface area contributed by atoms with Crippen LogP contribution in [0.1, 0.15) is 52.0 Å². The molecule has 0 radical (unpaired) electrons. The zero-order valence-electron chi connectivity index (χ0n) is 23.2. The summed E-state index contributed by atoms with van der Waals surface area (Å²) in [7, 11) is 1.44. The lowest BCUT2D eigenvalue weighted by Gasteiger charge is -2.16. The number of carbonyl (C=O) groups excluding carboxylic acids is 2. The SMILES string of the molecule is COC(=O)CCCCC[N+]1=C(/C=C/C=C/N(C(C)=O)c2ccccc2)C(C)(C)c2cc(-c3cccs3)ccc21. The number of methoxy groups -OCH3 is 1. The lowest BCUT2D eigenvalue weighted by atomic mass is 9.80. The number of carbonyl (C=O) groups is 2. The summed E-state index contributed by atoms with van der Waals surface area (Å²) in [6.45, 7) is 6.98. The molecule has 0 atom stereocenters. The van der Waals surface area contributed by atoms with Gasteiger partial charge in [-0.25, -0.2) is 0 Å². The average Bonchev–Trinajstić information content (AvgIpc) is 3.54. The van der Waals surface area contributed by atoms with Gasteiger partial charge in [0.25, 0.3) is 0 Å². The van der Waals surface area contributed by atoms with Gasteiger partial charge < -0.3 is 4.74 Å². The number of ether oxygens (including phenoxy) is 1. The quantitative estimate of drug-likeness (QED) is 0.108. The molecule has 0 spiro atoms. The van der Waals surface area contributed by atoms with Crippen molar-refractivity contribution in [2.75, 3.05) is 18.6 Å². The van der Waals surface area contributed by atoms with Gasteiger partial charge in [0.1, 0.15) is 6.54 Å². The van der Waals surface area contributed by atoms with Gasteiger partial charge in [0.15, 0.2) is 5.71 Å². The van der Waals surface area contributed by atoms with E-state index in [-0.39, 0.29) is 17.3 Å². The van der Waals surface area contributed by atoms with Crippen LogP contribution in [0.2, 0.25) is 0 Å². The Hall–Kier alpha value is -3.77. The zero-order valence-corrected chi connectivity index (χ0v) is 24.0. The Morgan fingerprint density at radius 3 is 2.49 bits per heavy atom. The number of benzene rings is 2. The maximum atomic E-state index is 12.3. The predicted molar refractivity (Wildman–Crippen MR) is 161 cm³/mol. The van der Waals surface area contributed by atoms with Crippen LogP contribution >= 0.6 is 11.3 Å². The van der Waals surface area contributed by atoms with Gasteiger partial charge in [-0.05, 0) is 74.0 Å². The second-order valence-corrected chi connectivity index (χ2v) is 11.1. The molecule has 1 aliphatic heterocycles. The van der Waals surface area contributed by atoms with Crippen molar-refractivity contribution < 1.29 is 18.9 Å². The second-order valence-electron chi connectivity index (χ2n) is 10.2. The van der Waals surface area contributed by atoms with Crippen molar-refractivity contribution in [3.8, 4) is 10.4 Å². The molecule has 0 aliphatic carbocycles. The fourth-order valence-electron chi connectivity index (χ4n) is 5.07. The molecular formula is C33H37N2O3S+. The topological polar surface area (TPSA) is 49.6 Å². The number of rotatable bonds is 11. The van der Waals surface area contributed by atoms with Crippen molar-refractivity contribution >= 4 is 40.3 Å². The minimum Gasteiger partial charge on any atom is -0.469 e. The van der Waals surface area contributed by atoms with Crippen LogP contribution in [0, 0.1) is 0 Å². The Morgan fingerprint density at radius 2 is 1.79 bits per heavy atom. The molecule has 1 aromatic heterocycles. The summed E-state index contributed by atoms with van der Waals surface area (Å²) in [6.07, 6.45) is 11.1. The van der Waals surface area contributed by atoms with Crippen LogP contribution in [0.4, 0.5) is 11.4 Å². The van der Waals surface area contributed by atoms with Gasteiger partial charge in [-0.2, -0.15) is 4.58 Å². The minimum atomic E-state index is -0.196. The Bertz CT molecular complexity index is 1390. The highest BCUT2D eigenvalue weighted by Crippen LogP contribution is 2.42. The number of allylic oxidation sites excluding steroid dienone is 3. The van der Waals surface area contributed by atoms with Crippen molar-refractivity contribution in [3.05, 3.63) is 96.0 Å². The fourth-order valence-corrected chi connectivity index (χ4v) is 5.80. The van der Waals surface area contributed by atoms with Crippen molar-refractivity contribution in [1.29, 1.82) is 0 Å². The number of esters is 1. The van der Waals surface area contributed by atoms with Gasteiger partial charge in [0.2, 0.25) is 11.6 Å². The number of amides is 1. The molecule has 5 nitrogen and oxygen atoms in total. The Labute approximate surface area is 235 Å². The van der Waals surface area contributed by atoms with Crippen molar-refractivity contribution in [3.63, 3.8) is 0 Å². The van der Waals surface area contributed by atoms with E-state index in [1.165, 1.54) is 34.5 Å². The summed E-state index contributed by atoms with van der Waals surface area (Å²) in [5.41, 5.74) is 5.63. The highest BCUT2D eigenvalue weighted by molar-refractivity contribution is 7.13. The summed E-state index contributed by atoms with van der Waals surface area (Å²) >= 11 is 1.75. The third kappa shape index (κ3) is 6.63. The minimum absolute atomic E-state index is 0.0400. The van der Waals surface area contributed by atoms with Crippen LogP contribution in [-0.2, 0) is 19.7 Å². The number of anilines is 1. The molecule has 39 heavy (non-hydrogen) atoms. The summed E-state index contributed by atoms with van der Waals surface area (Å²) in [5, 5.41) is 2.11. The molecule has 0 fully saturated rings. The third-order valence-electron chi connectivity index (χ3n) is 7.16. The molecule has 3 aromatic rings. The van der Waals surface area contributed by atoms with E-state index >= 15 is 0 Å². The Kier molecular flexibility index (Phi) is 9.31. The molecule has 202 valence electrons. The first-order valence-electron chi connectivity index (χ1n) is 13.4. The fraction of sp³-hybridized carbons (Fsp3) is 0.303. The van der Waals surface area contributed by atoms with Gasteiger partial charge in [-0.1, -0.05) is 30.3 Å². The maximum Gasteiger partial charge on any atom is 0.305 e. The summed E-state index contributed by atoms with van der Waals surface area (Å²) in [4.78, 5) is 26.7. The third-order valence-corrected chi connectivity index (χ3v) is 8.08. The molecule has 0 saturated heterocycles. The van der Waals surface area contributed by atoms with Crippen LogP contribution in [0.15, 0.2) is 90.5 Å². The molecule has 4 rings (SSSR count). The summed E-state index contributed by atoms with van der Waals surface area (Å²) < 4.78 is 7.20. The first kappa shape index (κ1) is 28.2. The molecule has 2 aromatic carbocycles. The van der Waals surface area contributed by atoms with E-state index in [0.717, 1.165) is 31.5 Å². The maximum absolute atomic E-state index is 12.3. The summed E-state index contributed by atoms with van der Waals surface area (Å²) in [6, 6.07) is 20.7. The molecule has 0 unspecified atom stereocenters. The van der Waals surface area contributed by atoms with Crippen molar-refractivity contribution in [2.45, 2.75) is 51.9 Å². The average molecular weight is 542 g/mol. The van der Waals surface area contributed by atoms with E-state index < -0.39 is 0 Å². The molecule has 2 heterocycles. The number of fused-ring (bicyclic) bond motifs is 1. The van der Waals surface area contributed by atoms with Crippen LogP contribution < -0.4 is 4.90 Å². The van der Waals surface area contributed by atoms with E-state index in [1.54, 1.807) is 23.2 Å². The van der Waals surface area contributed by atoms with E-state index in [2.05, 4.69) is 60.2 Å². The van der Waals surface area contributed by atoms with Crippen LogP contribution in [-0.4, -0.2) is 35.8 Å². The number of para-hydroxylation sites is 1. The molecular weight excluding hydrogens is 504 g/mol. The second kappa shape index (κ2) is 12.9. The first-order chi connectivity index (χ1) is 18.8. The Morgan fingerprint density at radius 1 is 1.00 bits per heavy atom. The predicted octanol–water partition coefficient (Wildman–Crippen LogP) is 7.65. The standard InChI is InChI=1S/C33H37N2O3S/c1-25(36)34(27-14-7-5-8-15-27)21-12-10-17-31-33(2,3)28-24-26(30-16-13-23-39-30)19-20-29(28)35(31)22-11-6-9-18-32(37)38-4/h5,7-8,10,12-17,19-21,23-24H,6,9,11,18,22H2,1-4H3/q+1. The monoisotopic (exact) mass is 541 g/mol. The molecule has 6 heteroatoms. The van der Waals surface area contributed by atoms with Gasteiger partial charge in [-0.3, -0.25) is 14.5 Å². The number of unbranched alkanes of at least 4 members (excludes halogenated alkanes) is 2. The number of hydrogen-bond donors (Lipinski definition) is 0. The van der Waals surface area contributed by atoms with Crippen molar-refractivity contribution in [1.82, 2.24) is 0 Å². The smallest absolute Gasteiger partial charge is 0.305 e. The molecule has 1 amide bonds. The van der Waals surface area contributed by atoms with Crippen LogP contribution in [0.25, 0.3) is 10.4 Å². The normalized spacial score (nSPS) is 14.3. The summed E-state index contributed by atoms with van der Waals surface area (Å²) in [5.74, 6) is -0.192. The van der Waals surface area contributed by atoms with E-state index in [0.29, 0.717) is 6.42 Å². The number of thiophene rings is 1. The molecule has 1 aliphatic rings. The highest BCUT2D eigenvalue weighted by atomic mass is 32.1. The molecule has 0 N–H and O–H groups in total. The largest absolute Gasteiger partial charge is 0.469 e. The van der Waals surface area contributed by atoms with E-state index in [1.807, 2.05) is 48.7 Å². The van der Waals surface area contributed by atoms with E-state index in [4.69, 9.17) is 4.74 Å². The first-order valence-corrected chi connectivity index (χ1v) is 14.3.